The summed E-state index contributed by atoms with van der Waals surface area (Å²) in [6.07, 6.45) is 0. The van der Waals surface area contributed by atoms with Gasteiger partial charge >= 0.3 is 7.12 Å². The molecular formula is C12H12BFN2O4. The lowest BCUT2D eigenvalue weighted by molar-refractivity contribution is 0.378. The molecule has 6 nitrogen and oxygen atoms in total. The summed E-state index contributed by atoms with van der Waals surface area (Å²) in [7, 11) is -0.328. The Bertz CT molecular complexity index is 675. The summed E-state index contributed by atoms with van der Waals surface area (Å²) < 4.78 is 19.8. The van der Waals surface area contributed by atoms with Gasteiger partial charge in [0.05, 0.1) is 13.7 Å². The van der Waals surface area contributed by atoms with Gasteiger partial charge in [0.15, 0.2) is 0 Å². The number of ether oxygens (including phenoxy) is 1. The van der Waals surface area contributed by atoms with Gasteiger partial charge in [0.25, 0.3) is 5.56 Å². The lowest BCUT2D eigenvalue weighted by Crippen LogP contribution is -2.30. The van der Waals surface area contributed by atoms with E-state index in [-0.39, 0.29) is 23.5 Å². The molecule has 1 heterocycles. The molecule has 0 amide bonds. The number of nitrogens with zero attached hydrogens (tertiary/aromatic N) is 2. The Morgan fingerprint density at radius 1 is 1.35 bits per heavy atom. The molecule has 2 aromatic rings. The number of aromatic nitrogens is 2. The van der Waals surface area contributed by atoms with Crippen LogP contribution in [-0.2, 0) is 6.54 Å². The van der Waals surface area contributed by atoms with E-state index >= 15 is 0 Å². The normalized spacial score (nSPS) is 10.4. The molecule has 104 valence electrons. The highest BCUT2D eigenvalue weighted by atomic mass is 19.1. The summed E-state index contributed by atoms with van der Waals surface area (Å²) in [6, 6.07) is 6.44. The van der Waals surface area contributed by atoms with Gasteiger partial charge in [0, 0.05) is 17.7 Å². The summed E-state index contributed by atoms with van der Waals surface area (Å²) >= 11 is 0. The topological polar surface area (TPSA) is 84.6 Å². The van der Waals surface area contributed by atoms with Crippen molar-refractivity contribution >= 4 is 12.6 Å². The van der Waals surface area contributed by atoms with Crippen LogP contribution in [0.5, 0.6) is 5.88 Å². The number of hydrogen-bond donors (Lipinski definition) is 2. The summed E-state index contributed by atoms with van der Waals surface area (Å²) in [4.78, 5) is 11.6. The van der Waals surface area contributed by atoms with Gasteiger partial charge in [0.1, 0.15) is 5.82 Å². The van der Waals surface area contributed by atoms with E-state index in [0.29, 0.717) is 0 Å². The van der Waals surface area contributed by atoms with Gasteiger partial charge in [-0.15, -0.1) is 5.10 Å². The maximum atomic E-state index is 13.8. The molecule has 0 aliphatic rings. The fourth-order valence-corrected chi connectivity index (χ4v) is 1.67. The molecule has 20 heavy (non-hydrogen) atoms. The first kappa shape index (κ1) is 14.2. The average Bonchev–Trinajstić information content (AvgIpc) is 2.43. The molecule has 0 spiro atoms. The number of hydrogen-bond acceptors (Lipinski definition) is 5. The van der Waals surface area contributed by atoms with E-state index in [1.165, 1.54) is 31.4 Å². The predicted molar refractivity (Wildman–Crippen MR) is 70.4 cm³/mol. The molecule has 0 atom stereocenters. The van der Waals surface area contributed by atoms with Crippen LogP contribution < -0.4 is 15.8 Å². The molecule has 1 aromatic carbocycles. The van der Waals surface area contributed by atoms with Crippen molar-refractivity contribution in [3.63, 3.8) is 0 Å². The van der Waals surface area contributed by atoms with E-state index in [9.17, 15) is 9.18 Å². The Balaban J connectivity index is 2.33. The Labute approximate surface area is 114 Å². The minimum absolute atomic E-state index is 0.0391. The molecule has 0 saturated carbocycles. The molecule has 2 N–H and O–H groups in total. The molecule has 0 radical (unpaired) electrons. The SMILES string of the molecule is COc1ccc(=O)n(Cc2ccc(B(O)O)cc2F)n1. The van der Waals surface area contributed by atoms with Crippen LogP contribution in [-0.4, -0.2) is 34.1 Å². The van der Waals surface area contributed by atoms with Gasteiger partial charge in [-0.3, -0.25) is 4.79 Å². The van der Waals surface area contributed by atoms with Crippen LogP contribution in [0.1, 0.15) is 5.56 Å². The van der Waals surface area contributed by atoms with Gasteiger partial charge in [-0.1, -0.05) is 12.1 Å². The van der Waals surface area contributed by atoms with Gasteiger partial charge in [-0.05, 0) is 11.5 Å². The van der Waals surface area contributed by atoms with E-state index in [2.05, 4.69) is 5.10 Å². The van der Waals surface area contributed by atoms with Crippen LogP contribution in [0.25, 0.3) is 0 Å². The largest absolute Gasteiger partial charge is 0.488 e. The molecule has 0 saturated heterocycles. The van der Waals surface area contributed by atoms with Crippen LogP contribution in [0, 0.1) is 5.82 Å². The first-order valence-corrected chi connectivity index (χ1v) is 5.78. The third-order valence-corrected chi connectivity index (χ3v) is 2.75. The highest BCUT2D eigenvalue weighted by Crippen LogP contribution is 2.07. The second kappa shape index (κ2) is 5.85. The van der Waals surface area contributed by atoms with Crippen LogP contribution in [0.2, 0.25) is 0 Å². The van der Waals surface area contributed by atoms with E-state index in [4.69, 9.17) is 14.8 Å². The Hall–Kier alpha value is -2.19. The molecule has 0 fully saturated rings. The number of methoxy groups -OCH3 is 1. The van der Waals surface area contributed by atoms with Crippen LogP contribution in [0.15, 0.2) is 35.1 Å². The molecule has 0 bridgehead atoms. The van der Waals surface area contributed by atoms with Crippen molar-refractivity contribution in [1.82, 2.24) is 9.78 Å². The minimum atomic E-state index is -1.74. The van der Waals surface area contributed by atoms with Gasteiger partial charge in [-0.25, -0.2) is 9.07 Å². The van der Waals surface area contributed by atoms with Crippen LogP contribution in [0.3, 0.4) is 0 Å². The molecule has 0 aliphatic heterocycles. The van der Waals surface area contributed by atoms with Crippen molar-refractivity contribution in [3.8, 4) is 5.88 Å². The third-order valence-electron chi connectivity index (χ3n) is 2.75. The fourth-order valence-electron chi connectivity index (χ4n) is 1.67. The zero-order valence-electron chi connectivity index (χ0n) is 10.7. The van der Waals surface area contributed by atoms with Crippen molar-refractivity contribution < 1.29 is 19.2 Å². The quantitative estimate of drug-likeness (QED) is 0.709. The summed E-state index contributed by atoms with van der Waals surface area (Å²) in [5, 5.41) is 21.8. The van der Waals surface area contributed by atoms with Crippen molar-refractivity contribution in [2.75, 3.05) is 7.11 Å². The molecule has 8 heteroatoms. The lowest BCUT2D eigenvalue weighted by Gasteiger charge is -2.08. The first-order valence-electron chi connectivity index (χ1n) is 5.78. The van der Waals surface area contributed by atoms with Gasteiger partial charge in [-0.2, -0.15) is 0 Å². The van der Waals surface area contributed by atoms with Crippen molar-refractivity contribution in [1.29, 1.82) is 0 Å². The summed E-state index contributed by atoms with van der Waals surface area (Å²) in [5.74, 6) is -0.403. The Kier molecular flexibility index (Phi) is 4.16. The van der Waals surface area contributed by atoms with E-state index < -0.39 is 18.5 Å². The van der Waals surface area contributed by atoms with Gasteiger partial charge in [0.2, 0.25) is 5.88 Å². The van der Waals surface area contributed by atoms with Gasteiger partial charge < -0.3 is 14.8 Å². The monoisotopic (exact) mass is 278 g/mol. The van der Waals surface area contributed by atoms with E-state index in [0.717, 1.165) is 10.7 Å². The zero-order chi connectivity index (χ0) is 14.7. The molecule has 0 unspecified atom stereocenters. The van der Waals surface area contributed by atoms with Crippen molar-refractivity contribution in [2.45, 2.75) is 6.54 Å². The smallest absolute Gasteiger partial charge is 0.480 e. The second-order valence-corrected chi connectivity index (χ2v) is 4.10. The minimum Gasteiger partial charge on any atom is -0.480 e. The molecule has 2 rings (SSSR count). The van der Waals surface area contributed by atoms with E-state index in [1.807, 2.05) is 0 Å². The predicted octanol–water partition coefficient (Wildman–Crippen LogP) is -0.881. The first-order chi connectivity index (χ1) is 9.51. The van der Waals surface area contributed by atoms with Crippen molar-refractivity contribution in [2.24, 2.45) is 0 Å². The number of halogens is 1. The summed E-state index contributed by atoms with van der Waals surface area (Å²) in [6.45, 7) is -0.0797. The Morgan fingerprint density at radius 2 is 2.10 bits per heavy atom. The average molecular weight is 278 g/mol. The van der Waals surface area contributed by atoms with Crippen molar-refractivity contribution in [3.05, 3.63) is 52.1 Å². The molecular weight excluding hydrogens is 266 g/mol. The third kappa shape index (κ3) is 3.04. The fraction of sp³-hybridized carbons (Fsp3) is 0.167. The van der Waals surface area contributed by atoms with E-state index in [1.54, 1.807) is 0 Å². The second-order valence-electron chi connectivity index (χ2n) is 4.10. The maximum absolute atomic E-state index is 13.8. The lowest BCUT2D eigenvalue weighted by atomic mass is 9.80. The number of benzene rings is 1. The highest BCUT2D eigenvalue weighted by molar-refractivity contribution is 6.58. The number of rotatable bonds is 4. The maximum Gasteiger partial charge on any atom is 0.488 e. The van der Waals surface area contributed by atoms with Crippen LogP contribution >= 0.6 is 0 Å². The zero-order valence-corrected chi connectivity index (χ0v) is 10.7. The highest BCUT2D eigenvalue weighted by Gasteiger charge is 2.14. The molecule has 0 aliphatic carbocycles. The standard InChI is InChI=1S/C12H12BFN2O4/c1-20-11-4-5-12(17)16(15-11)7-8-2-3-9(13(18)19)6-10(8)14/h2-6,18-19H,7H2,1H3. The Morgan fingerprint density at radius 3 is 2.70 bits per heavy atom. The molecule has 1 aromatic heterocycles. The summed E-state index contributed by atoms with van der Waals surface area (Å²) in [5.41, 5.74) is -0.147. The van der Waals surface area contributed by atoms with Crippen LogP contribution in [0.4, 0.5) is 4.39 Å².